The minimum absolute atomic E-state index is 0.178. The van der Waals surface area contributed by atoms with Gasteiger partial charge in [-0.25, -0.2) is 9.18 Å². The van der Waals surface area contributed by atoms with Crippen molar-refractivity contribution >= 4 is 28.8 Å². The number of nitrogens with zero attached hydrogens (tertiary/aromatic N) is 1. The number of carboxylic acid groups (broad SMARTS) is 1. The van der Waals surface area contributed by atoms with E-state index in [0.717, 1.165) is 18.3 Å². The molecule has 3 aromatic carbocycles. The molecule has 9 heteroatoms. The molecule has 4 N–H and O–H groups in total. The van der Waals surface area contributed by atoms with E-state index in [0.29, 0.717) is 33.4 Å². The largest absolute Gasteiger partial charge is 0.478 e. The number of halogens is 4. The molecule has 35 heavy (non-hydrogen) atoms. The highest BCUT2D eigenvalue weighted by atomic mass is 19.4. The van der Waals surface area contributed by atoms with Gasteiger partial charge in [0.2, 0.25) is 0 Å². The van der Waals surface area contributed by atoms with Gasteiger partial charge in [0.1, 0.15) is 5.82 Å². The van der Waals surface area contributed by atoms with Crippen molar-refractivity contribution in [2.24, 2.45) is 0 Å². The van der Waals surface area contributed by atoms with E-state index in [1.165, 1.54) is 18.2 Å². The van der Waals surface area contributed by atoms with Gasteiger partial charge in [-0.15, -0.1) is 0 Å². The summed E-state index contributed by atoms with van der Waals surface area (Å²) in [5.74, 6) is -2.31. The summed E-state index contributed by atoms with van der Waals surface area (Å²) in [6.07, 6.45) is -3.75. The van der Waals surface area contributed by atoms with Crippen LogP contribution in [0.2, 0.25) is 0 Å². The van der Waals surface area contributed by atoms with Gasteiger partial charge in [-0.05, 0) is 60.0 Å². The average Bonchev–Trinajstić information content (AvgIpc) is 3.12. The summed E-state index contributed by atoms with van der Waals surface area (Å²) in [4.78, 5) is 11.7. The summed E-state index contributed by atoms with van der Waals surface area (Å²) in [6, 6.07) is 12.0. The predicted molar refractivity (Wildman–Crippen MR) is 127 cm³/mol. The Morgan fingerprint density at radius 3 is 2.29 bits per heavy atom. The van der Waals surface area contributed by atoms with E-state index in [-0.39, 0.29) is 17.2 Å². The number of alkyl halides is 3. The Morgan fingerprint density at radius 1 is 1.09 bits per heavy atom. The zero-order valence-electron chi connectivity index (χ0n) is 18.7. The minimum Gasteiger partial charge on any atom is -0.478 e. The monoisotopic (exact) mass is 483 g/mol. The fourth-order valence-electron chi connectivity index (χ4n) is 4.35. The number of anilines is 1. The first-order chi connectivity index (χ1) is 16.4. The van der Waals surface area contributed by atoms with Crippen molar-refractivity contribution < 1.29 is 27.5 Å². The van der Waals surface area contributed by atoms with Crippen molar-refractivity contribution in [3.8, 4) is 16.8 Å². The van der Waals surface area contributed by atoms with E-state index in [9.17, 15) is 27.5 Å². The number of rotatable bonds is 5. The van der Waals surface area contributed by atoms with Gasteiger partial charge in [0, 0.05) is 39.8 Å². The van der Waals surface area contributed by atoms with E-state index in [2.05, 4.69) is 0 Å². The molecule has 0 saturated carbocycles. The minimum atomic E-state index is -4.83. The standard InChI is InChI=1S/C26H21F4N3O2/c1-13(2)24-23(14-3-8-20(26(28,29)30)18(9-14)25(34)35)19-11-21(32)15(12-31)10-22(19)33(24)17-6-4-16(27)5-7-17/h3-13,31H,32H2,1-2H3,(H,34,35). The third-order valence-electron chi connectivity index (χ3n) is 5.84. The summed E-state index contributed by atoms with van der Waals surface area (Å²) in [7, 11) is 0. The average molecular weight is 483 g/mol. The molecule has 0 spiro atoms. The number of aromatic carboxylic acids is 1. The van der Waals surface area contributed by atoms with Crippen molar-refractivity contribution in [1.82, 2.24) is 4.57 Å². The van der Waals surface area contributed by atoms with Gasteiger partial charge in [0.25, 0.3) is 0 Å². The number of fused-ring (bicyclic) bond motifs is 1. The maximum absolute atomic E-state index is 13.7. The van der Waals surface area contributed by atoms with E-state index in [1.54, 1.807) is 24.3 Å². The highest BCUT2D eigenvalue weighted by Crippen LogP contribution is 2.43. The number of benzene rings is 3. The highest BCUT2D eigenvalue weighted by molar-refractivity contribution is 6.05. The molecular weight excluding hydrogens is 462 g/mol. The third-order valence-corrected chi connectivity index (χ3v) is 5.84. The van der Waals surface area contributed by atoms with Crippen LogP contribution in [0.1, 0.15) is 46.9 Å². The molecule has 0 unspecified atom stereocenters. The van der Waals surface area contributed by atoms with Crippen LogP contribution in [0.4, 0.5) is 23.2 Å². The van der Waals surface area contributed by atoms with E-state index in [1.807, 2.05) is 18.4 Å². The van der Waals surface area contributed by atoms with E-state index in [4.69, 9.17) is 11.1 Å². The molecule has 0 fully saturated rings. The lowest BCUT2D eigenvalue weighted by Gasteiger charge is -2.17. The second-order valence-corrected chi connectivity index (χ2v) is 8.43. The first-order valence-electron chi connectivity index (χ1n) is 10.6. The van der Waals surface area contributed by atoms with Crippen molar-refractivity contribution in [3.05, 3.63) is 82.8 Å². The molecule has 4 rings (SSSR count). The molecule has 0 aliphatic rings. The Labute approximate surface area is 197 Å². The second-order valence-electron chi connectivity index (χ2n) is 8.43. The van der Waals surface area contributed by atoms with Gasteiger partial charge in [-0.3, -0.25) is 0 Å². The Hall–Kier alpha value is -4.14. The maximum atomic E-state index is 13.7. The van der Waals surface area contributed by atoms with Crippen molar-refractivity contribution in [2.45, 2.75) is 25.9 Å². The molecule has 0 aliphatic heterocycles. The van der Waals surface area contributed by atoms with Gasteiger partial charge in [-0.2, -0.15) is 13.2 Å². The van der Waals surface area contributed by atoms with Gasteiger partial charge in [0.15, 0.2) is 0 Å². The molecule has 0 radical (unpaired) electrons. The molecule has 5 nitrogen and oxygen atoms in total. The topological polar surface area (TPSA) is 92.1 Å². The third kappa shape index (κ3) is 4.14. The predicted octanol–water partition coefficient (Wildman–Crippen LogP) is 6.86. The second kappa shape index (κ2) is 8.57. The molecule has 1 aromatic heterocycles. The molecule has 0 amide bonds. The summed E-state index contributed by atoms with van der Waals surface area (Å²) < 4.78 is 55.9. The lowest BCUT2D eigenvalue weighted by atomic mass is 9.93. The SMILES string of the molecule is CC(C)c1c(-c2ccc(C(F)(F)F)c(C(=O)O)c2)c2cc(N)c(C=N)cc2n1-c1ccc(F)cc1. The fraction of sp³-hybridized carbons (Fsp3) is 0.154. The Balaban J connectivity index is 2.16. The number of nitrogens with one attached hydrogen (secondary N) is 1. The zero-order valence-corrected chi connectivity index (χ0v) is 18.7. The van der Waals surface area contributed by atoms with Crippen molar-refractivity contribution in [1.29, 1.82) is 5.41 Å². The molecule has 180 valence electrons. The summed E-state index contributed by atoms with van der Waals surface area (Å²) in [6.45, 7) is 3.78. The van der Waals surface area contributed by atoms with Crippen LogP contribution in [0, 0.1) is 11.2 Å². The lowest BCUT2D eigenvalue weighted by Crippen LogP contribution is -2.13. The van der Waals surface area contributed by atoms with Crippen LogP contribution in [0.5, 0.6) is 0 Å². The quantitative estimate of drug-likeness (QED) is 0.165. The van der Waals surface area contributed by atoms with Crippen LogP contribution in [-0.2, 0) is 6.18 Å². The summed E-state index contributed by atoms with van der Waals surface area (Å²) >= 11 is 0. The molecule has 0 atom stereocenters. The fourth-order valence-corrected chi connectivity index (χ4v) is 4.35. The number of hydrogen-bond donors (Lipinski definition) is 3. The Morgan fingerprint density at radius 2 is 1.74 bits per heavy atom. The smallest absolute Gasteiger partial charge is 0.417 e. The molecule has 0 bridgehead atoms. The van der Waals surface area contributed by atoms with Crippen molar-refractivity contribution in [2.75, 3.05) is 5.73 Å². The van der Waals surface area contributed by atoms with Crippen LogP contribution in [0.15, 0.2) is 54.6 Å². The number of carbonyl (C=O) groups is 1. The number of nitrogens with two attached hydrogens (primary N) is 1. The first-order valence-corrected chi connectivity index (χ1v) is 10.6. The zero-order chi connectivity index (χ0) is 25.7. The van der Waals surface area contributed by atoms with Crippen LogP contribution in [0.25, 0.3) is 27.7 Å². The first kappa shape index (κ1) is 24.0. The van der Waals surface area contributed by atoms with Crippen LogP contribution < -0.4 is 5.73 Å². The summed E-state index contributed by atoms with van der Waals surface area (Å²) in [5.41, 5.74) is 7.40. The highest BCUT2D eigenvalue weighted by Gasteiger charge is 2.36. The number of carboxylic acids is 1. The van der Waals surface area contributed by atoms with E-state index < -0.39 is 29.1 Å². The summed E-state index contributed by atoms with van der Waals surface area (Å²) in [5, 5.41) is 17.8. The number of nitrogen functional groups attached to an aromatic ring is 1. The van der Waals surface area contributed by atoms with Crippen molar-refractivity contribution in [3.63, 3.8) is 0 Å². The maximum Gasteiger partial charge on any atom is 0.417 e. The molecule has 0 saturated heterocycles. The molecule has 1 heterocycles. The van der Waals surface area contributed by atoms with E-state index >= 15 is 0 Å². The number of hydrogen-bond acceptors (Lipinski definition) is 3. The van der Waals surface area contributed by atoms with Gasteiger partial charge >= 0.3 is 12.1 Å². The van der Waals surface area contributed by atoms with Crippen LogP contribution >= 0.6 is 0 Å². The Bertz CT molecular complexity index is 1470. The number of aromatic nitrogens is 1. The van der Waals surface area contributed by atoms with Gasteiger partial charge in [0.05, 0.1) is 16.6 Å². The normalized spacial score (nSPS) is 11.9. The van der Waals surface area contributed by atoms with Gasteiger partial charge < -0.3 is 20.8 Å². The lowest BCUT2D eigenvalue weighted by molar-refractivity contribution is -0.138. The molecular formula is C26H21F4N3O2. The van der Waals surface area contributed by atoms with Gasteiger partial charge in [-0.1, -0.05) is 19.9 Å². The van der Waals surface area contributed by atoms with Crippen LogP contribution in [0.3, 0.4) is 0 Å². The molecule has 4 aromatic rings. The Kier molecular flexibility index (Phi) is 5.88. The molecule has 0 aliphatic carbocycles. The van der Waals surface area contributed by atoms with Crippen LogP contribution in [-0.4, -0.2) is 21.9 Å².